The highest BCUT2D eigenvalue weighted by Gasteiger charge is 2.32. The lowest BCUT2D eigenvalue weighted by Crippen LogP contribution is -2.48. The number of hydrogen-bond donors (Lipinski definition) is 1. The molecule has 170 valence electrons. The van der Waals surface area contributed by atoms with Gasteiger partial charge in [-0.05, 0) is 50.1 Å². The van der Waals surface area contributed by atoms with Gasteiger partial charge in [-0.25, -0.2) is 0 Å². The molecule has 0 radical (unpaired) electrons. The number of hydrogen-bond acceptors (Lipinski definition) is 4. The number of nitrogens with two attached hydrogens (primary N) is 1. The normalized spacial score (nSPS) is 23.3. The van der Waals surface area contributed by atoms with Gasteiger partial charge in [0.05, 0.1) is 6.10 Å². The molecule has 3 rings (SSSR count). The second-order valence-corrected chi connectivity index (χ2v) is 9.43. The monoisotopic (exact) mass is 416 g/mol. The molecule has 1 aliphatic heterocycles. The minimum Gasteiger partial charge on any atom is -0.385 e. The van der Waals surface area contributed by atoms with Crippen LogP contribution < -0.4 is 5.73 Å². The zero-order valence-electron chi connectivity index (χ0n) is 19.1. The standard InChI is InChI=1S/C26H44N2O2/c1-29-17-8-9-18-30-26(23-13-6-3-7-14-23)24-15-10-16-28(21-24)25(20-27)19-22-11-4-2-5-12-22/h3,6-7,13-14,22,24-26H,2,4-5,8-12,15-21,27H2,1H3. The van der Waals surface area contributed by atoms with Crippen LogP contribution >= 0.6 is 0 Å². The van der Waals surface area contributed by atoms with Crippen molar-refractivity contribution < 1.29 is 9.47 Å². The zero-order valence-corrected chi connectivity index (χ0v) is 19.1. The van der Waals surface area contributed by atoms with E-state index in [4.69, 9.17) is 15.2 Å². The molecule has 30 heavy (non-hydrogen) atoms. The number of nitrogens with zero attached hydrogens (tertiary/aromatic N) is 1. The number of unbranched alkanes of at least 4 members (excludes halogenated alkanes) is 1. The Bertz CT molecular complexity index is 561. The average Bonchev–Trinajstić information content (AvgIpc) is 2.81. The molecule has 0 bridgehead atoms. The molecule has 4 heteroatoms. The summed E-state index contributed by atoms with van der Waals surface area (Å²) in [5.74, 6) is 1.43. The van der Waals surface area contributed by atoms with E-state index < -0.39 is 0 Å². The average molecular weight is 417 g/mol. The molecule has 3 atom stereocenters. The van der Waals surface area contributed by atoms with Gasteiger partial charge in [0.2, 0.25) is 0 Å². The van der Waals surface area contributed by atoms with Crippen molar-refractivity contribution in [3.8, 4) is 0 Å². The van der Waals surface area contributed by atoms with E-state index in [1.54, 1.807) is 7.11 Å². The second-order valence-electron chi connectivity index (χ2n) is 9.43. The van der Waals surface area contributed by atoms with Gasteiger partial charge in [-0.15, -0.1) is 0 Å². The first kappa shape index (κ1) is 23.7. The molecule has 3 unspecified atom stereocenters. The third kappa shape index (κ3) is 7.33. The Morgan fingerprint density at radius 3 is 2.50 bits per heavy atom. The summed E-state index contributed by atoms with van der Waals surface area (Å²) >= 11 is 0. The lowest BCUT2D eigenvalue weighted by Gasteiger charge is -2.42. The number of piperidine rings is 1. The van der Waals surface area contributed by atoms with Crippen LogP contribution in [-0.4, -0.2) is 50.9 Å². The summed E-state index contributed by atoms with van der Waals surface area (Å²) in [4.78, 5) is 2.70. The summed E-state index contributed by atoms with van der Waals surface area (Å²) in [5, 5.41) is 0. The van der Waals surface area contributed by atoms with Gasteiger partial charge < -0.3 is 15.2 Å². The van der Waals surface area contributed by atoms with Crippen molar-refractivity contribution in [2.75, 3.05) is 40.0 Å². The molecule has 1 saturated heterocycles. The molecule has 0 aromatic heterocycles. The molecule has 0 spiro atoms. The number of likely N-dealkylation sites (tertiary alicyclic amines) is 1. The highest BCUT2D eigenvalue weighted by atomic mass is 16.5. The van der Waals surface area contributed by atoms with Crippen LogP contribution in [-0.2, 0) is 9.47 Å². The van der Waals surface area contributed by atoms with E-state index in [-0.39, 0.29) is 6.10 Å². The van der Waals surface area contributed by atoms with Gasteiger partial charge in [0.15, 0.2) is 0 Å². The van der Waals surface area contributed by atoms with Crippen LogP contribution in [0.25, 0.3) is 0 Å². The maximum absolute atomic E-state index is 6.51. The van der Waals surface area contributed by atoms with Gasteiger partial charge in [-0.2, -0.15) is 0 Å². The van der Waals surface area contributed by atoms with Crippen LogP contribution in [0.15, 0.2) is 30.3 Å². The Labute approximate surface area is 184 Å². The molecule has 1 aromatic carbocycles. The molecule has 2 aliphatic rings. The van der Waals surface area contributed by atoms with Gasteiger partial charge >= 0.3 is 0 Å². The number of rotatable bonds is 12. The summed E-state index contributed by atoms with van der Waals surface area (Å²) in [6.07, 6.45) is 13.2. The first-order valence-corrected chi connectivity index (χ1v) is 12.4. The van der Waals surface area contributed by atoms with E-state index in [0.29, 0.717) is 12.0 Å². The van der Waals surface area contributed by atoms with Crippen LogP contribution in [0.3, 0.4) is 0 Å². The first-order chi connectivity index (χ1) is 14.8. The van der Waals surface area contributed by atoms with Crippen LogP contribution in [0, 0.1) is 11.8 Å². The van der Waals surface area contributed by atoms with Gasteiger partial charge in [0.25, 0.3) is 0 Å². The third-order valence-corrected chi connectivity index (χ3v) is 7.20. The number of methoxy groups -OCH3 is 1. The minimum atomic E-state index is 0.185. The SMILES string of the molecule is COCCCCOC(c1ccccc1)C1CCCN(C(CN)CC2CCCCC2)C1. The summed E-state index contributed by atoms with van der Waals surface area (Å²) in [6.45, 7) is 4.72. The lowest BCUT2D eigenvalue weighted by molar-refractivity contribution is -0.0267. The highest BCUT2D eigenvalue weighted by molar-refractivity contribution is 5.18. The van der Waals surface area contributed by atoms with E-state index in [1.807, 2.05) is 0 Å². The Hall–Kier alpha value is -0.940. The van der Waals surface area contributed by atoms with Gasteiger partial charge in [0, 0.05) is 45.4 Å². The van der Waals surface area contributed by atoms with Crippen molar-refractivity contribution in [1.82, 2.24) is 4.90 Å². The van der Waals surface area contributed by atoms with E-state index in [2.05, 4.69) is 35.2 Å². The molecule has 0 amide bonds. The molecule has 1 aliphatic carbocycles. The van der Waals surface area contributed by atoms with E-state index in [0.717, 1.165) is 45.1 Å². The van der Waals surface area contributed by atoms with Crippen LogP contribution in [0.2, 0.25) is 0 Å². The molecule has 1 aromatic rings. The van der Waals surface area contributed by atoms with Gasteiger partial charge in [-0.3, -0.25) is 4.90 Å². The van der Waals surface area contributed by atoms with Gasteiger partial charge in [-0.1, -0.05) is 62.4 Å². The van der Waals surface area contributed by atoms with Crippen molar-refractivity contribution >= 4 is 0 Å². The predicted molar refractivity (Wildman–Crippen MR) is 125 cm³/mol. The fraction of sp³-hybridized carbons (Fsp3) is 0.769. The lowest BCUT2D eigenvalue weighted by atomic mass is 9.83. The maximum atomic E-state index is 6.51. The Balaban J connectivity index is 1.60. The fourth-order valence-corrected chi connectivity index (χ4v) is 5.53. The fourth-order valence-electron chi connectivity index (χ4n) is 5.53. The quantitative estimate of drug-likeness (QED) is 0.477. The third-order valence-electron chi connectivity index (χ3n) is 7.20. The van der Waals surface area contributed by atoms with Crippen molar-refractivity contribution in [3.63, 3.8) is 0 Å². The molecule has 1 heterocycles. The molecule has 4 nitrogen and oxygen atoms in total. The summed E-state index contributed by atoms with van der Waals surface area (Å²) in [7, 11) is 1.77. The van der Waals surface area contributed by atoms with E-state index in [1.165, 1.54) is 63.5 Å². The van der Waals surface area contributed by atoms with Crippen LogP contribution in [0.5, 0.6) is 0 Å². The highest BCUT2D eigenvalue weighted by Crippen LogP contribution is 2.35. The van der Waals surface area contributed by atoms with Crippen molar-refractivity contribution in [2.24, 2.45) is 17.6 Å². The molecular weight excluding hydrogens is 372 g/mol. The Morgan fingerprint density at radius 2 is 1.77 bits per heavy atom. The Kier molecular flexibility index (Phi) is 10.6. The molecule has 1 saturated carbocycles. The largest absolute Gasteiger partial charge is 0.385 e. The topological polar surface area (TPSA) is 47.7 Å². The smallest absolute Gasteiger partial charge is 0.0865 e. The van der Waals surface area contributed by atoms with Crippen LogP contribution in [0.4, 0.5) is 0 Å². The molecular formula is C26H44N2O2. The second kappa shape index (κ2) is 13.5. The molecule has 2 N–H and O–H groups in total. The first-order valence-electron chi connectivity index (χ1n) is 12.4. The Morgan fingerprint density at radius 1 is 1.00 bits per heavy atom. The molecule has 2 fully saturated rings. The predicted octanol–water partition coefficient (Wildman–Crippen LogP) is 5.18. The number of ether oxygens (including phenoxy) is 2. The summed E-state index contributed by atoms with van der Waals surface area (Å²) in [5.41, 5.74) is 7.62. The maximum Gasteiger partial charge on any atom is 0.0865 e. The van der Waals surface area contributed by atoms with E-state index >= 15 is 0 Å². The van der Waals surface area contributed by atoms with Gasteiger partial charge in [0.1, 0.15) is 0 Å². The zero-order chi connectivity index (χ0) is 21.0. The van der Waals surface area contributed by atoms with E-state index in [9.17, 15) is 0 Å². The van der Waals surface area contributed by atoms with Crippen molar-refractivity contribution in [2.45, 2.75) is 76.4 Å². The van der Waals surface area contributed by atoms with Crippen LogP contribution in [0.1, 0.15) is 75.9 Å². The summed E-state index contributed by atoms with van der Waals surface area (Å²) < 4.78 is 11.7. The van der Waals surface area contributed by atoms with Crippen molar-refractivity contribution in [3.05, 3.63) is 35.9 Å². The van der Waals surface area contributed by atoms with Crippen molar-refractivity contribution in [1.29, 1.82) is 0 Å². The summed E-state index contributed by atoms with van der Waals surface area (Å²) in [6, 6.07) is 11.4. The minimum absolute atomic E-state index is 0.185. The number of benzene rings is 1.